The van der Waals surface area contributed by atoms with E-state index in [-0.39, 0.29) is 6.10 Å². The van der Waals surface area contributed by atoms with Gasteiger partial charge in [0.05, 0.1) is 6.10 Å². The van der Waals surface area contributed by atoms with Crippen molar-refractivity contribution in [3.05, 3.63) is 11.6 Å². The van der Waals surface area contributed by atoms with Crippen LogP contribution in [0, 0.1) is 34.5 Å². The second kappa shape index (κ2) is 9.72. The van der Waals surface area contributed by atoms with Gasteiger partial charge in [0.25, 0.3) is 0 Å². The van der Waals surface area contributed by atoms with Crippen molar-refractivity contribution in [2.24, 2.45) is 34.5 Å². The van der Waals surface area contributed by atoms with Crippen molar-refractivity contribution in [3.8, 4) is 0 Å². The molecule has 3 fully saturated rings. The molecule has 6 unspecified atom stereocenters. The first-order valence-corrected chi connectivity index (χ1v) is 25.3. The molecule has 0 N–H and O–H groups in total. The molecule has 6 heteroatoms. The van der Waals surface area contributed by atoms with Crippen LogP contribution in [-0.4, -0.2) is 43.3 Å². The molecule has 0 saturated heterocycles. The fourth-order valence-corrected chi connectivity index (χ4v) is 12.9. The third kappa shape index (κ3) is 5.89. The lowest BCUT2D eigenvalue weighted by atomic mass is 9.47. The van der Waals surface area contributed by atoms with Crippen molar-refractivity contribution in [1.82, 2.24) is 0 Å². The van der Waals surface area contributed by atoms with Crippen LogP contribution in [0.25, 0.3) is 0 Å². The van der Waals surface area contributed by atoms with E-state index in [4.69, 9.17) is 13.3 Å². The topological polar surface area (TPSA) is 27.7 Å². The quantitative estimate of drug-likeness (QED) is 0.234. The van der Waals surface area contributed by atoms with Gasteiger partial charge < -0.3 is 13.3 Å². The molecule has 9 atom stereocenters. The zero-order valence-electron chi connectivity index (χ0n) is 25.8. The molecular weight excluding hydrogens is 493 g/mol. The Bertz CT molecular complexity index is 838. The number of hydrogen-bond acceptors (Lipinski definition) is 3. The van der Waals surface area contributed by atoms with Crippen molar-refractivity contribution in [3.63, 3.8) is 0 Å². The highest BCUT2D eigenvalue weighted by Gasteiger charge is 2.63. The first-order chi connectivity index (χ1) is 16.3. The Hall–Kier alpha value is 0.271. The van der Waals surface area contributed by atoms with Gasteiger partial charge in [-0.25, -0.2) is 0 Å². The maximum Gasteiger partial charge on any atom is 0.184 e. The molecule has 0 aromatic carbocycles. The van der Waals surface area contributed by atoms with Crippen LogP contribution in [0.2, 0.25) is 58.9 Å². The fraction of sp³-hybridized carbons (Fsp3) is 0.933. The van der Waals surface area contributed by atoms with E-state index in [0.29, 0.717) is 29.0 Å². The lowest BCUT2D eigenvalue weighted by Gasteiger charge is -2.58. The van der Waals surface area contributed by atoms with Gasteiger partial charge in [0.15, 0.2) is 25.0 Å². The van der Waals surface area contributed by atoms with Gasteiger partial charge in [-0.3, -0.25) is 0 Å². The third-order valence-corrected chi connectivity index (χ3v) is 13.3. The number of hydrogen-bond donors (Lipinski definition) is 0. The molecule has 0 bridgehead atoms. The lowest BCUT2D eigenvalue weighted by Crippen LogP contribution is -2.53. The van der Waals surface area contributed by atoms with E-state index in [0.717, 1.165) is 17.8 Å². The van der Waals surface area contributed by atoms with Gasteiger partial charge in [0.2, 0.25) is 0 Å². The molecule has 4 rings (SSSR count). The molecule has 0 aromatic heterocycles. The van der Waals surface area contributed by atoms with Gasteiger partial charge >= 0.3 is 0 Å². The Morgan fingerprint density at radius 2 is 1.47 bits per heavy atom. The summed E-state index contributed by atoms with van der Waals surface area (Å²) >= 11 is 0. The van der Waals surface area contributed by atoms with Crippen molar-refractivity contribution in [1.29, 1.82) is 0 Å². The van der Waals surface area contributed by atoms with E-state index < -0.39 is 25.0 Å². The second-order valence-corrected chi connectivity index (χ2v) is 29.7. The molecule has 208 valence electrons. The summed E-state index contributed by atoms with van der Waals surface area (Å²) in [6, 6.07) is 0. The van der Waals surface area contributed by atoms with Gasteiger partial charge in [-0.2, -0.15) is 0 Å². The highest BCUT2D eigenvalue weighted by molar-refractivity contribution is 6.70. The predicted molar refractivity (Wildman–Crippen MR) is 161 cm³/mol. The summed E-state index contributed by atoms with van der Waals surface area (Å²) in [6.07, 6.45) is 12.7. The van der Waals surface area contributed by atoms with Crippen LogP contribution in [0.1, 0.15) is 65.7 Å². The SMILES string of the molecule is CC(O[Si](C)(C)C)[C@H]1C(O[Si](C)(C)C)CC2C3CC=C4CC(O[Si](C)(C)C)CC[C@]4(C)C3CC[C@@]21C. The zero-order chi connectivity index (χ0) is 26.9. The average Bonchev–Trinajstić information content (AvgIpc) is 2.96. The van der Waals surface area contributed by atoms with Crippen molar-refractivity contribution >= 4 is 25.0 Å². The molecule has 0 radical (unpaired) electrons. The Labute approximate surface area is 226 Å². The Morgan fingerprint density at radius 1 is 0.833 bits per heavy atom. The third-order valence-electron chi connectivity index (χ3n) is 10.2. The Kier molecular flexibility index (Phi) is 7.90. The maximum absolute atomic E-state index is 7.02. The standard InChI is InChI=1S/C30H58O3Si3/c1-21(31-34(4,5)6)28-27(33-36(10,11)12)20-26-24-14-13-22-19-23(32-35(7,8)9)15-17-29(22,2)25(24)16-18-30(26,28)3/h13,21,23-28H,14-20H2,1-12H3/t21?,23?,24?,25?,26?,27?,28-,29-,30-/m0/s1. The summed E-state index contributed by atoms with van der Waals surface area (Å²) in [4.78, 5) is 0. The van der Waals surface area contributed by atoms with Crippen LogP contribution in [0.3, 0.4) is 0 Å². The van der Waals surface area contributed by atoms with Gasteiger partial charge in [-0.15, -0.1) is 0 Å². The summed E-state index contributed by atoms with van der Waals surface area (Å²) in [5, 5.41) is 0. The van der Waals surface area contributed by atoms with Crippen molar-refractivity contribution in [2.75, 3.05) is 0 Å². The highest BCUT2D eigenvalue weighted by atomic mass is 28.4. The van der Waals surface area contributed by atoms with Crippen molar-refractivity contribution < 1.29 is 13.3 Å². The second-order valence-electron chi connectivity index (χ2n) is 16.4. The summed E-state index contributed by atoms with van der Waals surface area (Å²) in [6.45, 7) is 28.8. The van der Waals surface area contributed by atoms with E-state index >= 15 is 0 Å². The van der Waals surface area contributed by atoms with Crippen LogP contribution >= 0.6 is 0 Å². The zero-order valence-corrected chi connectivity index (χ0v) is 28.8. The van der Waals surface area contributed by atoms with Gasteiger partial charge in [0.1, 0.15) is 0 Å². The summed E-state index contributed by atoms with van der Waals surface area (Å²) < 4.78 is 20.5. The molecule has 3 saturated carbocycles. The largest absolute Gasteiger partial charge is 0.415 e. The highest BCUT2D eigenvalue weighted by Crippen LogP contribution is 2.67. The summed E-state index contributed by atoms with van der Waals surface area (Å²) in [5.41, 5.74) is 2.43. The molecular formula is C30H58O3Si3. The van der Waals surface area contributed by atoms with Gasteiger partial charge in [-0.05, 0) is 139 Å². The molecule has 36 heavy (non-hydrogen) atoms. The predicted octanol–water partition coefficient (Wildman–Crippen LogP) is 8.86. The number of fused-ring (bicyclic) bond motifs is 5. The van der Waals surface area contributed by atoms with Crippen LogP contribution < -0.4 is 0 Å². The molecule has 0 aliphatic heterocycles. The molecule has 0 amide bonds. The van der Waals surface area contributed by atoms with E-state index in [2.05, 4.69) is 85.8 Å². The number of allylic oxidation sites excluding steroid dienone is 1. The van der Waals surface area contributed by atoms with Gasteiger partial charge in [0, 0.05) is 18.1 Å². The Balaban J connectivity index is 1.61. The Morgan fingerprint density at radius 3 is 2.06 bits per heavy atom. The van der Waals surface area contributed by atoms with E-state index in [1.165, 1.54) is 44.9 Å². The molecule has 0 spiro atoms. The monoisotopic (exact) mass is 550 g/mol. The summed E-state index contributed by atoms with van der Waals surface area (Å²) in [7, 11) is -4.77. The molecule has 0 heterocycles. The normalized spacial score (nSPS) is 42.3. The first-order valence-electron chi connectivity index (χ1n) is 15.1. The van der Waals surface area contributed by atoms with E-state index in [1.807, 2.05) is 0 Å². The minimum Gasteiger partial charge on any atom is -0.415 e. The minimum absolute atomic E-state index is 0.281. The molecule has 3 nitrogen and oxygen atoms in total. The molecule has 4 aliphatic carbocycles. The molecule has 0 aromatic rings. The van der Waals surface area contributed by atoms with Crippen LogP contribution in [-0.2, 0) is 13.3 Å². The maximum atomic E-state index is 7.02. The molecule has 4 aliphatic rings. The van der Waals surface area contributed by atoms with Crippen LogP contribution in [0.15, 0.2) is 11.6 Å². The van der Waals surface area contributed by atoms with E-state index in [9.17, 15) is 0 Å². The van der Waals surface area contributed by atoms with Crippen LogP contribution in [0.5, 0.6) is 0 Å². The smallest absolute Gasteiger partial charge is 0.184 e. The lowest BCUT2D eigenvalue weighted by molar-refractivity contribution is -0.0711. The first kappa shape index (κ1) is 29.3. The van der Waals surface area contributed by atoms with Crippen LogP contribution in [0.4, 0.5) is 0 Å². The summed E-state index contributed by atoms with van der Waals surface area (Å²) in [5.74, 6) is 2.88. The minimum atomic E-state index is -1.65. The van der Waals surface area contributed by atoms with Crippen molar-refractivity contribution in [2.45, 2.75) is 143 Å². The van der Waals surface area contributed by atoms with Gasteiger partial charge in [-0.1, -0.05) is 25.5 Å². The number of rotatable bonds is 7. The fourth-order valence-electron chi connectivity index (χ4n) is 9.30. The average molecular weight is 551 g/mol. The van der Waals surface area contributed by atoms with E-state index in [1.54, 1.807) is 5.57 Å².